The van der Waals surface area contributed by atoms with Crippen LogP contribution in [0.3, 0.4) is 0 Å². The van der Waals surface area contributed by atoms with Gasteiger partial charge in [0.05, 0.1) is 23.1 Å². The Labute approximate surface area is 155 Å². The van der Waals surface area contributed by atoms with Gasteiger partial charge in [0.1, 0.15) is 0 Å². The maximum absolute atomic E-state index is 12.7. The van der Waals surface area contributed by atoms with Crippen LogP contribution in [0.1, 0.15) is 16.7 Å². The Morgan fingerprint density at radius 1 is 1.21 bits per heavy atom. The molecule has 1 aliphatic heterocycles. The normalized spacial score (nSPS) is 13.0. The number of nitrogens with one attached hydrogen (secondary N) is 1. The van der Waals surface area contributed by atoms with E-state index in [2.05, 4.69) is 10.5 Å². The van der Waals surface area contributed by atoms with Crippen molar-refractivity contribution in [2.24, 2.45) is 5.10 Å². The minimum Gasteiger partial charge on any atom is -0.454 e. The van der Waals surface area contributed by atoms with E-state index in [-0.39, 0.29) is 12.4 Å². The Morgan fingerprint density at radius 2 is 1.96 bits per heavy atom. The maximum Gasteiger partial charge on any atom is 0.416 e. The second-order valence-electron chi connectivity index (χ2n) is 5.68. The van der Waals surface area contributed by atoms with E-state index in [1.165, 1.54) is 6.21 Å². The molecule has 1 aliphatic rings. The Hall–Kier alpha value is -3.63. The number of ether oxygens (including phenoxy) is 2. The van der Waals surface area contributed by atoms with Crippen LogP contribution in [0.5, 0.6) is 11.5 Å². The molecule has 0 saturated carbocycles. The summed E-state index contributed by atoms with van der Waals surface area (Å²) >= 11 is 0. The standard InChI is InChI=1S/C17H12F3N3O5/c18-17(19,20)12-3-2-11(13(7-12)23(25)26)6-16(24)22-21-8-10-1-4-14-15(5-10)28-9-27-14/h1-5,7-8H,6,9H2,(H,22,24)/b21-8+. The van der Waals surface area contributed by atoms with Crippen LogP contribution >= 0.6 is 0 Å². The van der Waals surface area contributed by atoms with Crippen molar-refractivity contribution in [3.63, 3.8) is 0 Å². The van der Waals surface area contributed by atoms with Gasteiger partial charge in [-0.3, -0.25) is 14.9 Å². The molecule has 1 N–H and O–H groups in total. The highest BCUT2D eigenvalue weighted by molar-refractivity contribution is 5.84. The number of carbonyl (C=O) groups excluding carboxylic acids is 1. The minimum absolute atomic E-state index is 0.110. The smallest absolute Gasteiger partial charge is 0.416 e. The zero-order chi connectivity index (χ0) is 20.3. The third-order valence-electron chi connectivity index (χ3n) is 3.76. The molecule has 2 aromatic rings. The zero-order valence-corrected chi connectivity index (χ0v) is 14.0. The van der Waals surface area contributed by atoms with Crippen molar-refractivity contribution in [3.05, 3.63) is 63.2 Å². The molecule has 3 rings (SSSR count). The van der Waals surface area contributed by atoms with Crippen molar-refractivity contribution in [1.82, 2.24) is 5.43 Å². The number of alkyl halides is 3. The molecule has 0 fully saturated rings. The molecule has 0 aromatic heterocycles. The molecule has 0 radical (unpaired) electrons. The van der Waals surface area contributed by atoms with E-state index in [0.29, 0.717) is 29.2 Å². The lowest BCUT2D eigenvalue weighted by Gasteiger charge is -2.08. The highest BCUT2D eigenvalue weighted by atomic mass is 19.4. The molecule has 0 aliphatic carbocycles. The van der Waals surface area contributed by atoms with Crippen LogP contribution in [0.4, 0.5) is 18.9 Å². The van der Waals surface area contributed by atoms with Crippen molar-refractivity contribution >= 4 is 17.8 Å². The third-order valence-corrected chi connectivity index (χ3v) is 3.76. The molecule has 0 saturated heterocycles. The number of carbonyl (C=O) groups is 1. The average Bonchev–Trinajstić information content (AvgIpc) is 3.08. The number of amides is 1. The highest BCUT2D eigenvalue weighted by Crippen LogP contribution is 2.33. The van der Waals surface area contributed by atoms with Gasteiger partial charge in [-0.05, 0) is 29.8 Å². The van der Waals surface area contributed by atoms with Crippen LogP contribution in [-0.4, -0.2) is 23.8 Å². The third kappa shape index (κ3) is 4.37. The summed E-state index contributed by atoms with van der Waals surface area (Å²) in [7, 11) is 0. The van der Waals surface area contributed by atoms with Crippen molar-refractivity contribution in [2.75, 3.05) is 6.79 Å². The number of hydrogen-bond acceptors (Lipinski definition) is 6. The molecule has 0 unspecified atom stereocenters. The topological polar surface area (TPSA) is 103 Å². The lowest BCUT2D eigenvalue weighted by atomic mass is 10.1. The Balaban J connectivity index is 1.67. The van der Waals surface area contributed by atoms with E-state index in [1.807, 2.05) is 0 Å². The molecule has 146 valence electrons. The van der Waals surface area contributed by atoms with Gasteiger partial charge >= 0.3 is 6.18 Å². The van der Waals surface area contributed by atoms with Gasteiger partial charge < -0.3 is 9.47 Å². The molecule has 0 atom stereocenters. The van der Waals surface area contributed by atoms with Crippen molar-refractivity contribution < 1.29 is 32.4 Å². The number of hydrogen-bond donors (Lipinski definition) is 1. The van der Waals surface area contributed by atoms with E-state index < -0.39 is 34.7 Å². The molecule has 1 amide bonds. The molecule has 11 heteroatoms. The van der Waals surface area contributed by atoms with Gasteiger partial charge in [-0.25, -0.2) is 5.43 Å². The summed E-state index contributed by atoms with van der Waals surface area (Å²) < 4.78 is 48.5. The summed E-state index contributed by atoms with van der Waals surface area (Å²) in [5.41, 5.74) is 0.665. The molecule has 0 spiro atoms. The Bertz CT molecular complexity index is 960. The Kier molecular flexibility index (Phi) is 5.16. The first-order valence-corrected chi connectivity index (χ1v) is 7.80. The quantitative estimate of drug-likeness (QED) is 0.476. The van der Waals surface area contributed by atoms with Gasteiger partial charge in [-0.2, -0.15) is 18.3 Å². The number of halogens is 3. The van der Waals surface area contributed by atoms with E-state index in [0.717, 1.165) is 6.07 Å². The monoisotopic (exact) mass is 395 g/mol. The fourth-order valence-corrected chi connectivity index (χ4v) is 2.44. The molecule has 28 heavy (non-hydrogen) atoms. The molecular weight excluding hydrogens is 383 g/mol. The van der Waals surface area contributed by atoms with Crippen molar-refractivity contribution in [2.45, 2.75) is 12.6 Å². The summed E-state index contributed by atoms with van der Waals surface area (Å²) in [4.78, 5) is 22.0. The number of nitrogens with zero attached hydrogens (tertiary/aromatic N) is 2. The first-order valence-electron chi connectivity index (χ1n) is 7.80. The summed E-state index contributed by atoms with van der Waals surface area (Å²) in [6.45, 7) is 0.110. The summed E-state index contributed by atoms with van der Waals surface area (Å²) in [6, 6.07) is 6.96. The summed E-state index contributed by atoms with van der Waals surface area (Å²) in [5.74, 6) is 0.381. The number of benzene rings is 2. The van der Waals surface area contributed by atoms with Gasteiger partial charge in [0.25, 0.3) is 5.69 Å². The lowest BCUT2D eigenvalue weighted by molar-refractivity contribution is -0.385. The molecular formula is C17H12F3N3O5. The lowest BCUT2D eigenvalue weighted by Crippen LogP contribution is -2.20. The van der Waals surface area contributed by atoms with Gasteiger partial charge in [-0.1, -0.05) is 6.07 Å². The molecule has 8 nitrogen and oxygen atoms in total. The van der Waals surface area contributed by atoms with Crippen LogP contribution in [0, 0.1) is 10.1 Å². The first-order chi connectivity index (χ1) is 13.2. The van der Waals surface area contributed by atoms with Crippen molar-refractivity contribution in [1.29, 1.82) is 0 Å². The van der Waals surface area contributed by atoms with Crippen LogP contribution in [0.15, 0.2) is 41.5 Å². The fourth-order valence-electron chi connectivity index (χ4n) is 2.44. The van der Waals surface area contributed by atoms with Gasteiger partial charge in [0, 0.05) is 11.6 Å². The van der Waals surface area contributed by atoms with Crippen LogP contribution in [0.2, 0.25) is 0 Å². The van der Waals surface area contributed by atoms with Crippen LogP contribution < -0.4 is 14.9 Å². The predicted molar refractivity (Wildman–Crippen MR) is 90.1 cm³/mol. The van der Waals surface area contributed by atoms with E-state index >= 15 is 0 Å². The van der Waals surface area contributed by atoms with Gasteiger partial charge in [0.15, 0.2) is 11.5 Å². The number of nitro benzene ring substituents is 1. The molecule has 2 aromatic carbocycles. The fraction of sp³-hybridized carbons (Fsp3) is 0.176. The van der Waals surface area contributed by atoms with Gasteiger partial charge in [-0.15, -0.1) is 0 Å². The minimum atomic E-state index is -4.72. The maximum atomic E-state index is 12.7. The molecule has 1 heterocycles. The Morgan fingerprint density at radius 3 is 2.68 bits per heavy atom. The first kappa shape index (κ1) is 19.1. The average molecular weight is 395 g/mol. The van der Waals surface area contributed by atoms with E-state index in [9.17, 15) is 28.1 Å². The summed E-state index contributed by atoms with van der Waals surface area (Å²) in [5, 5.41) is 14.8. The van der Waals surface area contributed by atoms with E-state index in [4.69, 9.17) is 9.47 Å². The summed E-state index contributed by atoms with van der Waals surface area (Å²) in [6.07, 6.45) is -3.91. The SMILES string of the molecule is O=C(Cc1ccc(C(F)(F)F)cc1[N+](=O)[O-])N/N=C/c1ccc2c(c1)OCO2. The second-order valence-corrected chi connectivity index (χ2v) is 5.68. The van der Waals surface area contributed by atoms with Crippen LogP contribution in [-0.2, 0) is 17.4 Å². The van der Waals surface area contributed by atoms with E-state index in [1.54, 1.807) is 18.2 Å². The largest absolute Gasteiger partial charge is 0.454 e. The van der Waals surface area contributed by atoms with Crippen molar-refractivity contribution in [3.8, 4) is 11.5 Å². The second kappa shape index (κ2) is 7.55. The predicted octanol–water partition coefficient (Wildman–Crippen LogP) is 3.04. The van der Waals surface area contributed by atoms with Gasteiger partial charge in [0.2, 0.25) is 12.7 Å². The number of fused-ring (bicyclic) bond motifs is 1. The number of rotatable bonds is 5. The molecule has 0 bridgehead atoms. The highest BCUT2D eigenvalue weighted by Gasteiger charge is 2.33. The zero-order valence-electron chi connectivity index (χ0n) is 14.0. The number of nitro groups is 1. The number of hydrazone groups is 1. The van der Waals surface area contributed by atoms with Crippen LogP contribution in [0.25, 0.3) is 0 Å².